The number of carboxylic acid groups (broad SMARTS) is 1. The molecule has 0 spiro atoms. The molecule has 1 heterocycles. The van der Waals surface area contributed by atoms with Gasteiger partial charge in [-0.15, -0.1) is 0 Å². The number of carbonyl (C=O) groups is 1. The van der Waals surface area contributed by atoms with E-state index in [1.165, 1.54) is 31.2 Å². The lowest BCUT2D eigenvalue weighted by Crippen LogP contribution is -2.38. The molecule has 23 heavy (non-hydrogen) atoms. The molecule has 0 aromatic carbocycles. The summed E-state index contributed by atoms with van der Waals surface area (Å²) >= 11 is 0. The predicted octanol–water partition coefficient (Wildman–Crippen LogP) is 3.96. The van der Waals surface area contributed by atoms with Crippen LogP contribution in [0, 0.1) is 5.92 Å². The number of carboxylic acids is 1. The fourth-order valence-corrected chi connectivity index (χ4v) is 3.59. The summed E-state index contributed by atoms with van der Waals surface area (Å²) in [5.41, 5.74) is 8.36. The number of hydrogen-bond acceptors (Lipinski definition) is 3. The van der Waals surface area contributed by atoms with Gasteiger partial charge < -0.3 is 10.8 Å². The number of rotatable bonds is 8. The number of aryl methyl sites for hydroxylation is 1. The van der Waals surface area contributed by atoms with Crippen LogP contribution in [-0.4, -0.2) is 21.6 Å². The zero-order valence-corrected chi connectivity index (χ0v) is 14.5. The fourth-order valence-electron chi connectivity index (χ4n) is 3.59. The maximum atomic E-state index is 11.4. The van der Waals surface area contributed by atoms with Gasteiger partial charge in [-0.05, 0) is 49.1 Å². The molecule has 0 bridgehead atoms. The third-order valence-corrected chi connectivity index (χ3v) is 5.53. The molecule has 0 unspecified atom stereocenters. The Morgan fingerprint density at radius 2 is 2.00 bits per heavy atom. The molecule has 2 rings (SSSR count). The van der Waals surface area contributed by atoms with E-state index in [1.54, 1.807) is 6.20 Å². The third kappa shape index (κ3) is 4.77. The smallest absolute Gasteiger partial charge is 0.354 e. The largest absolute Gasteiger partial charge is 0.477 e. The highest BCUT2D eigenvalue weighted by atomic mass is 16.4. The summed E-state index contributed by atoms with van der Waals surface area (Å²) < 4.78 is 0. The van der Waals surface area contributed by atoms with E-state index in [0.717, 1.165) is 37.2 Å². The van der Waals surface area contributed by atoms with Crippen LogP contribution in [0.4, 0.5) is 0 Å². The first kappa shape index (κ1) is 17.9. The topological polar surface area (TPSA) is 76.2 Å². The molecule has 3 N–H and O–H groups in total. The average Bonchev–Trinajstić information content (AvgIpc) is 3.05. The maximum absolute atomic E-state index is 11.4. The Balaban J connectivity index is 2.14. The molecule has 1 aromatic heterocycles. The average molecular weight is 318 g/mol. The van der Waals surface area contributed by atoms with E-state index in [9.17, 15) is 9.90 Å². The van der Waals surface area contributed by atoms with E-state index >= 15 is 0 Å². The summed E-state index contributed by atoms with van der Waals surface area (Å²) in [5.74, 6) is -0.205. The van der Waals surface area contributed by atoms with E-state index in [4.69, 9.17) is 5.73 Å². The Labute approximate surface area is 139 Å². The maximum Gasteiger partial charge on any atom is 0.354 e. The quantitative estimate of drug-likeness (QED) is 0.760. The monoisotopic (exact) mass is 318 g/mol. The van der Waals surface area contributed by atoms with Crippen LogP contribution in [0.15, 0.2) is 12.3 Å². The molecule has 4 nitrogen and oxygen atoms in total. The molecule has 1 fully saturated rings. The first-order valence-electron chi connectivity index (χ1n) is 8.97. The molecule has 1 aromatic rings. The number of aromatic nitrogens is 1. The first-order chi connectivity index (χ1) is 11.0. The lowest BCUT2D eigenvalue weighted by Gasteiger charge is -2.26. The first-order valence-corrected chi connectivity index (χ1v) is 8.97. The molecule has 128 valence electrons. The van der Waals surface area contributed by atoms with Gasteiger partial charge in [0, 0.05) is 11.7 Å². The molecule has 1 aliphatic carbocycles. The van der Waals surface area contributed by atoms with E-state index in [2.05, 4.69) is 24.9 Å². The Hall–Kier alpha value is -1.42. The number of nitrogens with two attached hydrogens (primary N) is 1. The normalized spacial score (nSPS) is 16.0. The van der Waals surface area contributed by atoms with Crippen molar-refractivity contribution in [1.29, 1.82) is 0 Å². The van der Waals surface area contributed by atoms with Gasteiger partial charge in [0.25, 0.3) is 0 Å². The van der Waals surface area contributed by atoms with Crippen molar-refractivity contribution in [2.75, 3.05) is 0 Å². The predicted molar refractivity (Wildman–Crippen MR) is 92.7 cm³/mol. The van der Waals surface area contributed by atoms with Gasteiger partial charge in [-0.1, -0.05) is 45.6 Å². The van der Waals surface area contributed by atoms with Gasteiger partial charge in [0.05, 0.1) is 0 Å². The molecule has 0 aliphatic heterocycles. The molecule has 0 radical (unpaired) electrons. The van der Waals surface area contributed by atoms with Crippen molar-refractivity contribution in [1.82, 2.24) is 4.98 Å². The highest BCUT2D eigenvalue weighted by Gasteiger charge is 2.22. The minimum atomic E-state index is -0.942. The van der Waals surface area contributed by atoms with Crippen molar-refractivity contribution in [3.63, 3.8) is 0 Å². The summed E-state index contributed by atoms with van der Waals surface area (Å²) in [4.78, 5) is 15.7. The van der Waals surface area contributed by atoms with Crippen LogP contribution in [0.2, 0.25) is 0 Å². The van der Waals surface area contributed by atoms with Gasteiger partial charge in [0.2, 0.25) is 0 Å². The minimum absolute atomic E-state index is 0.190. The van der Waals surface area contributed by atoms with Crippen molar-refractivity contribution >= 4 is 5.97 Å². The summed E-state index contributed by atoms with van der Waals surface area (Å²) in [6.45, 7) is 4.19. The summed E-state index contributed by atoms with van der Waals surface area (Å²) in [6, 6.07) is 2.06. The molecule has 0 amide bonds. The van der Waals surface area contributed by atoms with Crippen LogP contribution in [-0.2, 0) is 12.8 Å². The number of nitrogens with zero attached hydrogens (tertiary/aromatic N) is 1. The summed E-state index contributed by atoms with van der Waals surface area (Å²) in [7, 11) is 0. The highest BCUT2D eigenvalue weighted by molar-refractivity contribution is 5.87. The Morgan fingerprint density at radius 1 is 1.35 bits per heavy atom. The second kappa shape index (κ2) is 7.91. The lowest BCUT2D eigenvalue weighted by molar-refractivity contribution is 0.0689. The molecular formula is C19H30N2O2. The lowest BCUT2D eigenvalue weighted by atomic mass is 9.86. The summed E-state index contributed by atoms with van der Waals surface area (Å²) in [6.07, 6.45) is 11.3. The van der Waals surface area contributed by atoms with E-state index in [1.807, 2.05) is 0 Å². The number of hydrogen-bond donors (Lipinski definition) is 2. The van der Waals surface area contributed by atoms with Crippen LogP contribution in [0.25, 0.3) is 0 Å². The van der Waals surface area contributed by atoms with Gasteiger partial charge in [-0.2, -0.15) is 0 Å². The van der Waals surface area contributed by atoms with E-state index in [-0.39, 0.29) is 11.2 Å². The van der Waals surface area contributed by atoms with Crippen molar-refractivity contribution in [2.24, 2.45) is 11.7 Å². The van der Waals surface area contributed by atoms with E-state index in [0.29, 0.717) is 6.42 Å². The van der Waals surface area contributed by atoms with Crippen LogP contribution in [0.5, 0.6) is 0 Å². The zero-order chi connectivity index (χ0) is 16.9. The zero-order valence-electron chi connectivity index (χ0n) is 14.5. The van der Waals surface area contributed by atoms with Crippen LogP contribution in [0.1, 0.15) is 80.4 Å². The standard InChI is InChI=1S/C19H30N2O2/c1-3-19(20,4-2)10-9-16-12-15(11-14-7-5-6-8-14)13-21-17(16)18(22)23/h12-14H,3-11,20H2,1-2H3,(H,22,23). The van der Waals surface area contributed by atoms with Gasteiger partial charge in [-0.25, -0.2) is 9.78 Å². The van der Waals surface area contributed by atoms with Crippen LogP contribution >= 0.6 is 0 Å². The highest BCUT2D eigenvalue weighted by Crippen LogP contribution is 2.28. The molecular weight excluding hydrogens is 288 g/mol. The van der Waals surface area contributed by atoms with Crippen molar-refractivity contribution in [3.05, 3.63) is 29.1 Å². The number of aromatic carboxylic acids is 1. The van der Waals surface area contributed by atoms with Gasteiger partial charge in [0.15, 0.2) is 5.69 Å². The molecule has 4 heteroatoms. The SMILES string of the molecule is CCC(N)(CC)CCc1cc(CC2CCCC2)cnc1C(=O)O. The molecule has 1 saturated carbocycles. The second-order valence-electron chi connectivity index (χ2n) is 7.08. The fraction of sp³-hybridized carbons (Fsp3) is 0.684. The van der Waals surface area contributed by atoms with Crippen molar-refractivity contribution in [2.45, 2.75) is 77.2 Å². The summed E-state index contributed by atoms with van der Waals surface area (Å²) in [5, 5.41) is 9.39. The molecule has 0 atom stereocenters. The Morgan fingerprint density at radius 3 is 2.57 bits per heavy atom. The Kier molecular flexibility index (Phi) is 6.17. The number of pyridine rings is 1. The van der Waals surface area contributed by atoms with Gasteiger partial charge in [-0.3, -0.25) is 0 Å². The third-order valence-electron chi connectivity index (χ3n) is 5.53. The molecule has 1 aliphatic rings. The Bertz CT molecular complexity index is 532. The van der Waals surface area contributed by atoms with Crippen LogP contribution < -0.4 is 5.73 Å². The van der Waals surface area contributed by atoms with Gasteiger partial charge >= 0.3 is 5.97 Å². The minimum Gasteiger partial charge on any atom is -0.477 e. The van der Waals surface area contributed by atoms with E-state index < -0.39 is 5.97 Å². The van der Waals surface area contributed by atoms with Crippen LogP contribution in [0.3, 0.4) is 0 Å². The van der Waals surface area contributed by atoms with Crippen molar-refractivity contribution in [3.8, 4) is 0 Å². The van der Waals surface area contributed by atoms with Gasteiger partial charge in [0.1, 0.15) is 0 Å². The van der Waals surface area contributed by atoms with Crippen molar-refractivity contribution < 1.29 is 9.90 Å². The molecule has 0 saturated heterocycles. The second-order valence-corrected chi connectivity index (χ2v) is 7.08.